The lowest BCUT2D eigenvalue weighted by atomic mass is 9.96. The molecule has 32 heavy (non-hydrogen) atoms. The maximum Gasteiger partial charge on any atom is 0.143 e. The number of imidazole rings is 1. The molecule has 4 aromatic heterocycles. The van der Waals surface area contributed by atoms with Crippen LogP contribution in [0, 0.1) is 0 Å². The van der Waals surface area contributed by atoms with Gasteiger partial charge < -0.3 is 8.82 Å². The van der Waals surface area contributed by atoms with E-state index < -0.39 is 0 Å². The van der Waals surface area contributed by atoms with Gasteiger partial charge in [-0.2, -0.15) is 0 Å². The summed E-state index contributed by atoms with van der Waals surface area (Å²) in [6, 6.07) is 29.0. The van der Waals surface area contributed by atoms with E-state index in [1.165, 1.54) is 0 Å². The summed E-state index contributed by atoms with van der Waals surface area (Å²) < 4.78 is 8.25. The molecule has 0 atom stereocenters. The van der Waals surface area contributed by atoms with Crippen molar-refractivity contribution in [1.82, 2.24) is 14.4 Å². The van der Waals surface area contributed by atoms with Gasteiger partial charge in [0.1, 0.15) is 22.5 Å². The number of benzene rings is 3. The summed E-state index contributed by atoms with van der Waals surface area (Å²) in [6.45, 7) is 0. The molecule has 0 unspecified atom stereocenters. The minimum Gasteiger partial charge on any atom is -0.455 e. The number of pyridine rings is 2. The number of para-hydroxylation sites is 1. The van der Waals surface area contributed by atoms with Gasteiger partial charge in [-0.3, -0.25) is 4.98 Å². The smallest absolute Gasteiger partial charge is 0.143 e. The average Bonchev–Trinajstić information content (AvgIpc) is 3.45. The Morgan fingerprint density at radius 1 is 0.688 bits per heavy atom. The standard InChI is InChI=1S/C28H17N3O/c1-2-9-21-19(7-1)22(15-23-20-8-3-4-10-26(20)32-28(21)23)18-12-13-24(29-16-18)25-17-31-14-6-5-11-27(31)30-25/h1-17H. The molecule has 0 radical (unpaired) electrons. The first-order valence-electron chi connectivity index (χ1n) is 10.6. The van der Waals surface area contributed by atoms with Crippen LogP contribution in [0.5, 0.6) is 0 Å². The number of hydrogen-bond donors (Lipinski definition) is 0. The molecule has 7 aromatic rings. The van der Waals surface area contributed by atoms with Gasteiger partial charge in [-0.05, 0) is 41.3 Å². The molecular weight excluding hydrogens is 394 g/mol. The zero-order valence-corrected chi connectivity index (χ0v) is 17.1. The predicted molar refractivity (Wildman–Crippen MR) is 129 cm³/mol. The summed E-state index contributed by atoms with van der Waals surface area (Å²) in [6.07, 6.45) is 5.95. The van der Waals surface area contributed by atoms with Crippen LogP contribution >= 0.6 is 0 Å². The lowest BCUT2D eigenvalue weighted by Crippen LogP contribution is -1.87. The van der Waals surface area contributed by atoms with Crippen LogP contribution in [-0.4, -0.2) is 14.4 Å². The second-order valence-electron chi connectivity index (χ2n) is 7.97. The summed E-state index contributed by atoms with van der Waals surface area (Å²) in [5.41, 5.74) is 6.69. The summed E-state index contributed by atoms with van der Waals surface area (Å²) in [7, 11) is 0. The van der Waals surface area contributed by atoms with Crippen molar-refractivity contribution in [2.45, 2.75) is 0 Å². The molecule has 0 saturated carbocycles. The fourth-order valence-corrected chi connectivity index (χ4v) is 4.55. The molecule has 3 aromatic carbocycles. The SMILES string of the molecule is c1ccc2c(c1)oc1c3ccccc3c(-c3ccc(-c4cn5ccccc5n4)nc3)cc21. The van der Waals surface area contributed by atoms with Gasteiger partial charge >= 0.3 is 0 Å². The minimum atomic E-state index is 0.858. The number of aromatic nitrogens is 3. The Morgan fingerprint density at radius 2 is 1.50 bits per heavy atom. The fraction of sp³-hybridized carbons (Fsp3) is 0. The van der Waals surface area contributed by atoms with Crippen molar-refractivity contribution >= 4 is 38.4 Å². The second kappa shape index (κ2) is 6.53. The first kappa shape index (κ1) is 17.3. The molecule has 0 aliphatic heterocycles. The van der Waals surface area contributed by atoms with Crippen LogP contribution in [0.25, 0.3) is 60.9 Å². The molecule has 4 heterocycles. The van der Waals surface area contributed by atoms with Crippen molar-refractivity contribution < 1.29 is 4.42 Å². The van der Waals surface area contributed by atoms with Gasteiger partial charge in [0, 0.05) is 40.3 Å². The zero-order chi connectivity index (χ0) is 21.1. The third-order valence-corrected chi connectivity index (χ3v) is 6.09. The molecule has 4 nitrogen and oxygen atoms in total. The van der Waals surface area contributed by atoms with Gasteiger partial charge in [0.2, 0.25) is 0 Å². The third kappa shape index (κ3) is 2.50. The summed E-state index contributed by atoms with van der Waals surface area (Å²) in [5.74, 6) is 0. The highest BCUT2D eigenvalue weighted by atomic mass is 16.3. The van der Waals surface area contributed by atoms with Crippen LogP contribution in [0.15, 0.2) is 108 Å². The van der Waals surface area contributed by atoms with E-state index in [1.54, 1.807) is 0 Å². The summed E-state index contributed by atoms with van der Waals surface area (Å²) >= 11 is 0. The summed E-state index contributed by atoms with van der Waals surface area (Å²) in [5, 5.41) is 4.52. The number of furan rings is 1. The molecule has 150 valence electrons. The predicted octanol–water partition coefficient (Wildman–Crippen LogP) is 7.12. The Morgan fingerprint density at radius 3 is 2.34 bits per heavy atom. The van der Waals surface area contributed by atoms with Gasteiger partial charge in [0.05, 0.1) is 5.69 Å². The van der Waals surface area contributed by atoms with Crippen LogP contribution in [-0.2, 0) is 0 Å². The number of rotatable bonds is 2. The molecule has 4 heteroatoms. The fourth-order valence-electron chi connectivity index (χ4n) is 4.55. The van der Waals surface area contributed by atoms with Crippen LogP contribution in [0.2, 0.25) is 0 Å². The summed E-state index contributed by atoms with van der Waals surface area (Å²) in [4.78, 5) is 9.45. The number of fused-ring (bicyclic) bond motifs is 6. The van der Waals surface area contributed by atoms with Gasteiger partial charge in [0.15, 0.2) is 0 Å². The van der Waals surface area contributed by atoms with Gasteiger partial charge in [-0.1, -0.05) is 54.6 Å². The largest absolute Gasteiger partial charge is 0.455 e. The maximum absolute atomic E-state index is 6.24. The van der Waals surface area contributed by atoms with E-state index in [9.17, 15) is 0 Å². The Labute approximate surface area is 183 Å². The van der Waals surface area contributed by atoms with Crippen molar-refractivity contribution in [2.24, 2.45) is 0 Å². The normalized spacial score (nSPS) is 11.8. The lowest BCUT2D eigenvalue weighted by Gasteiger charge is -2.08. The molecule has 7 rings (SSSR count). The molecule has 0 spiro atoms. The highest BCUT2D eigenvalue weighted by Crippen LogP contribution is 2.39. The zero-order valence-electron chi connectivity index (χ0n) is 17.1. The number of hydrogen-bond acceptors (Lipinski definition) is 3. The Balaban J connectivity index is 1.43. The van der Waals surface area contributed by atoms with Gasteiger partial charge in [-0.15, -0.1) is 0 Å². The van der Waals surface area contributed by atoms with Crippen LogP contribution in [0.1, 0.15) is 0 Å². The second-order valence-corrected chi connectivity index (χ2v) is 7.97. The Bertz CT molecular complexity index is 1740. The number of nitrogens with zero attached hydrogens (tertiary/aromatic N) is 3. The van der Waals surface area contributed by atoms with Crippen molar-refractivity contribution in [2.75, 3.05) is 0 Å². The molecule has 0 N–H and O–H groups in total. The first-order valence-corrected chi connectivity index (χ1v) is 10.6. The molecule has 0 saturated heterocycles. The van der Waals surface area contributed by atoms with Crippen LogP contribution < -0.4 is 0 Å². The van der Waals surface area contributed by atoms with Crippen molar-refractivity contribution in [1.29, 1.82) is 0 Å². The molecule has 0 aliphatic rings. The van der Waals surface area contributed by atoms with Gasteiger partial charge in [-0.25, -0.2) is 4.98 Å². The minimum absolute atomic E-state index is 0.858. The van der Waals surface area contributed by atoms with Crippen LogP contribution in [0.4, 0.5) is 0 Å². The molecular formula is C28H17N3O. The highest BCUT2D eigenvalue weighted by Gasteiger charge is 2.15. The van der Waals surface area contributed by atoms with E-state index in [0.29, 0.717) is 0 Å². The van der Waals surface area contributed by atoms with E-state index in [-0.39, 0.29) is 0 Å². The molecule has 0 amide bonds. The Hall–Kier alpha value is -4.44. The molecule has 0 aliphatic carbocycles. The van der Waals surface area contributed by atoms with E-state index in [0.717, 1.165) is 60.9 Å². The van der Waals surface area contributed by atoms with E-state index in [4.69, 9.17) is 14.4 Å². The maximum atomic E-state index is 6.24. The molecule has 0 bridgehead atoms. The average molecular weight is 411 g/mol. The van der Waals surface area contributed by atoms with Crippen LogP contribution in [0.3, 0.4) is 0 Å². The lowest BCUT2D eigenvalue weighted by molar-refractivity contribution is 0.672. The third-order valence-electron chi connectivity index (χ3n) is 6.09. The van der Waals surface area contributed by atoms with Crippen molar-refractivity contribution in [3.63, 3.8) is 0 Å². The highest BCUT2D eigenvalue weighted by molar-refractivity contribution is 6.19. The Kier molecular flexibility index (Phi) is 3.52. The van der Waals surface area contributed by atoms with Crippen molar-refractivity contribution in [3.8, 4) is 22.5 Å². The van der Waals surface area contributed by atoms with Crippen molar-refractivity contribution in [3.05, 3.63) is 104 Å². The van der Waals surface area contributed by atoms with Gasteiger partial charge in [0.25, 0.3) is 0 Å². The molecule has 0 fully saturated rings. The van der Waals surface area contributed by atoms with E-state index in [2.05, 4.69) is 48.5 Å². The van der Waals surface area contributed by atoms with E-state index in [1.807, 2.05) is 59.4 Å². The monoisotopic (exact) mass is 411 g/mol. The first-order chi connectivity index (χ1) is 15.8. The topological polar surface area (TPSA) is 43.3 Å². The quantitative estimate of drug-likeness (QED) is 0.304. The van der Waals surface area contributed by atoms with E-state index >= 15 is 0 Å².